The second-order valence-corrected chi connectivity index (χ2v) is 2.66. The van der Waals surface area contributed by atoms with Gasteiger partial charge in [0.2, 0.25) is 0 Å². The first-order valence-electron chi connectivity index (χ1n) is 4.57. The number of pyridine rings is 1. The molecule has 0 saturated carbocycles. The number of nitrogens with one attached hydrogen (secondary N) is 1. The number of nitrogens with two attached hydrogens (primary N) is 1. The molecule has 0 bridgehead atoms. The number of nitrogens with zero attached hydrogens (tertiary/aromatic N) is 1. The van der Waals surface area contributed by atoms with E-state index in [9.17, 15) is 4.79 Å². The molecule has 0 aliphatic carbocycles. The Bertz CT molecular complexity index is 379. The van der Waals surface area contributed by atoms with E-state index < -0.39 is 6.03 Å². The molecule has 4 nitrogen and oxygen atoms in total. The summed E-state index contributed by atoms with van der Waals surface area (Å²) in [5.74, 6) is 0. The third-order valence-corrected chi connectivity index (χ3v) is 1.86. The van der Waals surface area contributed by atoms with Gasteiger partial charge in [-0.3, -0.25) is 9.98 Å². The molecule has 0 radical (unpaired) electrons. The molecule has 0 saturated heterocycles. The fraction of sp³-hybridized carbons (Fsp3) is 0.400. The van der Waals surface area contributed by atoms with Gasteiger partial charge >= 0.3 is 6.03 Å². The first-order valence-corrected chi connectivity index (χ1v) is 4.57. The molecule has 78 valence electrons. The van der Waals surface area contributed by atoms with Crippen molar-refractivity contribution in [3.05, 3.63) is 28.9 Å². The lowest BCUT2D eigenvalue weighted by atomic mass is 10.2. The average Bonchev–Trinajstić information content (AvgIpc) is 2.15. The fourth-order valence-electron chi connectivity index (χ4n) is 1.04. The van der Waals surface area contributed by atoms with Gasteiger partial charge in [0, 0.05) is 5.69 Å². The number of aromatic nitrogens is 1. The first-order chi connectivity index (χ1) is 6.54. The highest BCUT2D eigenvalue weighted by Crippen LogP contribution is 2.00. The van der Waals surface area contributed by atoms with Crippen molar-refractivity contribution in [2.45, 2.75) is 27.7 Å². The van der Waals surface area contributed by atoms with E-state index in [1.54, 1.807) is 19.1 Å². The fourth-order valence-corrected chi connectivity index (χ4v) is 1.04. The Hall–Kier alpha value is -1.58. The van der Waals surface area contributed by atoms with Crippen LogP contribution in [0.15, 0.2) is 12.1 Å². The Morgan fingerprint density at radius 2 is 1.86 bits per heavy atom. The van der Waals surface area contributed by atoms with Gasteiger partial charge in [-0.2, -0.15) is 0 Å². The average molecular weight is 195 g/mol. The van der Waals surface area contributed by atoms with Crippen molar-refractivity contribution >= 4 is 6.03 Å². The molecule has 0 aromatic carbocycles. The minimum Gasteiger partial charge on any atom is -0.351 e. The Balaban J connectivity index is 0.000000791. The minimum absolute atomic E-state index is 0.116. The van der Waals surface area contributed by atoms with Gasteiger partial charge in [-0.05, 0) is 25.5 Å². The molecular formula is C10H17N3O. The van der Waals surface area contributed by atoms with Crippen molar-refractivity contribution in [1.82, 2.24) is 4.57 Å². The summed E-state index contributed by atoms with van der Waals surface area (Å²) in [6, 6.07) is 2.73. The van der Waals surface area contributed by atoms with E-state index in [2.05, 4.69) is 0 Å². The smallest absolute Gasteiger partial charge is 0.324 e. The van der Waals surface area contributed by atoms with E-state index in [0.29, 0.717) is 0 Å². The number of aryl methyl sites for hydroxylation is 1. The summed E-state index contributed by atoms with van der Waals surface area (Å²) in [6.07, 6.45) is 0. The number of amides is 1. The van der Waals surface area contributed by atoms with Gasteiger partial charge in [0.1, 0.15) is 5.49 Å². The van der Waals surface area contributed by atoms with Crippen LogP contribution in [0.4, 0.5) is 4.79 Å². The number of hydrogen-bond acceptors (Lipinski definition) is 2. The standard InChI is InChI=1S/C8H11N3O.C2H6/c1-5-3-4-7(9)11(6(5)2)8(10)12;1-2/h3-4,9H,1-2H3,(H2,10,12);1-2H3. The van der Waals surface area contributed by atoms with Crippen LogP contribution < -0.4 is 11.2 Å². The number of hydrogen-bond donors (Lipinski definition) is 2. The number of primary amides is 1. The van der Waals surface area contributed by atoms with Crippen LogP contribution in [0.5, 0.6) is 0 Å². The van der Waals surface area contributed by atoms with E-state index in [-0.39, 0.29) is 5.49 Å². The van der Waals surface area contributed by atoms with Gasteiger partial charge in [0.05, 0.1) is 0 Å². The summed E-state index contributed by atoms with van der Waals surface area (Å²) >= 11 is 0. The normalized spacial score (nSPS) is 8.86. The summed E-state index contributed by atoms with van der Waals surface area (Å²) in [7, 11) is 0. The Labute approximate surface area is 83.9 Å². The van der Waals surface area contributed by atoms with Gasteiger partial charge < -0.3 is 5.73 Å². The molecule has 1 aromatic heterocycles. The summed E-state index contributed by atoms with van der Waals surface area (Å²) in [4.78, 5) is 10.9. The number of carbonyl (C=O) groups excluding carboxylic acids is 1. The van der Waals surface area contributed by atoms with Crippen LogP contribution in [0.1, 0.15) is 25.1 Å². The van der Waals surface area contributed by atoms with Gasteiger partial charge in [-0.15, -0.1) is 0 Å². The lowest BCUT2D eigenvalue weighted by molar-refractivity contribution is 0.249. The Kier molecular flexibility index (Phi) is 4.63. The lowest BCUT2D eigenvalue weighted by Crippen LogP contribution is -2.33. The van der Waals surface area contributed by atoms with Crippen molar-refractivity contribution in [2.75, 3.05) is 0 Å². The van der Waals surface area contributed by atoms with E-state index in [1.165, 1.54) is 4.57 Å². The molecule has 0 fully saturated rings. The molecule has 1 rings (SSSR count). The van der Waals surface area contributed by atoms with Crippen LogP contribution in [0.25, 0.3) is 0 Å². The molecule has 3 N–H and O–H groups in total. The summed E-state index contributed by atoms with van der Waals surface area (Å²) in [6.45, 7) is 7.63. The van der Waals surface area contributed by atoms with E-state index in [4.69, 9.17) is 11.1 Å². The maximum Gasteiger partial charge on any atom is 0.324 e. The predicted molar refractivity (Wildman–Crippen MR) is 56.1 cm³/mol. The minimum atomic E-state index is -0.610. The summed E-state index contributed by atoms with van der Waals surface area (Å²) < 4.78 is 1.18. The lowest BCUT2D eigenvalue weighted by Gasteiger charge is -2.07. The summed E-state index contributed by atoms with van der Waals surface area (Å²) in [5.41, 5.74) is 6.87. The SMILES string of the molecule is CC.Cc1ccc(=N)n(C(N)=O)c1C. The maximum atomic E-state index is 10.9. The van der Waals surface area contributed by atoms with Crippen molar-refractivity contribution < 1.29 is 4.79 Å². The highest BCUT2D eigenvalue weighted by Gasteiger charge is 2.04. The molecule has 0 aliphatic heterocycles. The molecule has 0 atom stereocenters. The second kappa shape index (κ2) is 5.21. The highest BCUT2D eigenvalue weighted by molar-refractivity contribution is 5.75. The molecule has 1 heterocycles. The molecule has 0 unspecified atom stereocenters. The quantitative estimate of drug-likeness (QED) is 0.647. The second-order valence-electron chi connectivity index (χ2n) is 2.66. The maximum absolute atomic E-state index is 10.9. The number of rotatable bonds is 0. The topological polar surface area (TPSA) is 71.9 Å². The van der Waals surface area contributed by atoms with Gasteiger partial charge in [-0.25, -0.2) is 4.79 Å². The molecule has 0 spiro atoms. The van der Waals surface area contributed by atoms with Crippen molar-refractivity contribution in [3.63, 3.8) is 0 Å². The van der Waals surface area contributed by atoms with Crippen LogP contribution in [0, 0.1) is 19.3 Å². The first kappa shape index (κ1) is 12.4. The highest BCUT2D eigenvalue weighted by atomic mass is 16.2. The van der Waals surface area contributed by atoms with Crippen LogP contribution in [0.3, 0.4) is 0 Å². The molecular weight excluding hydrogens is 178 g/mol. The molecule has 0 aliphatic rings. The largest absolute Gasteiger partial charge is 0.351 e. The van der Waals surface area contributed by atoms with Gasteiger partial charge in [0.15, 0.2) is 0 Å². The molecule has 1 amide bonds. The predicted octanol–water partition coefficient (Wildman–Crippen LogP) is 1.54. The third-order valence-electron chi connectivity index (χ3n) is 1.86. The van der Waals surface area contributed by atoms with Gasteiger partial charge in [-0.1, -0.05) is 19.9 Å². The summed E-state index contributed by atoms with van der Waals surface area (Å²) in [5, 5.41) is 7.40. The van der Waals surface area contributed by atoms with Crippen LogP contribution in [0.2, 0.25) is 0 Å². The molecule has 4 heteroatoms. The van der Waals surface area contributed by atoms with Crippen LogP contribution in [-0.2, 0) is 0 Å². The van der Waals surface area contributed by atoms with E-state index >= 15 is 0 Å². The zero-order chi connectivity index (χ0) is 11.3. The van der Waals surface area contributed by atoms with Crippen molar-refractivity contribution in [3.8, 4) is 0 Å². The molecule has 14 heavy (non-hydrogen) atoms. The zero-order valence-corrected chi connectivity index (χ0v) is 9.09. The van der Waals surface area contributed by atoms with Crippen LogP contribution >= 0.6 is 0 Å². The van der Waals surface area contributed by atoms with E-state index in [0.717, 1.165) is 11.3 Å². The Morgan fingerprint density at radius 3 is 2.21 bits per heavy atom. The van der Waals surface area contributed by atoms with Crippen molar-refractivity contribution in [1.29, 1.82) is 5.41 Å². The Morgan fingerprint density at radius 1 is 1.36 bits per heavy atom. The monoisotopic (exact) mass is 195 g/mol. The zero-order valence-electron chi connectivity index (χ0n) is 9.09. The number of carbonyl (C=O) groups is 1. The van der Waals surface area contributed by atoms with Gasteiger partial charge in [0.25, 0.3) is 0 Å². The molecule has 1 aromatic rings. The third kappa shape index (κ3) is 2.45. The van der Waals surface area contributed by atoms with E-state index in [1.807, 2.05) is 20.8 Å². The van der Waals surface area contributed by atoms with Crippen LogP contribution in [-0.4, -0.2) is 10.6 Å². The van der Waals surface area contributed by atoms with Crippen molar-refractivity contribution in [2.24, 2.45) is 5.73 Å².